The summed E-state index contributed by atoms with van der Waals surface area (Å²) in [5, 5.41) is 3.35. The number of pyridine rings is 1. The largest absolute Gasteiger partial charge is 0.316 e. The van der Waals surface area contributed by atoms with Crippen LogP contribution in [0, 0.1) is 11.8 Å². The first-order valence-electron chi connectivity index (χ1n) is 7.18. The Bertz CT molecular complexity index is 561. The molecule has 0 aromatic carbocycles. The van der Waals surface area contributed by atoms with Crippen LogP contribution in [0.4, 0.5) is 0 Å². The first-order chi connectivity index (χ1) is 9.58. The Hall–Kier alpha value is -0.980. The number of nitrogens with one attached hydrogen (secondary N) is 1. The summed E-state index contributed by atoms with van der Waals surface area (Å²) in [5.41, 5.74) is 0.838. The van der Waals surface area contributed by atoms with E-state index in [1.54, 1.807) is 10.5 Å². The first-order valence-corrected chi connectivity index (χ1v) is 8.79. The zero-order valence-electron chi connectivity index (χ0n) is 11.7. The van der Waals surface area contributed by atoms with Crippen LogP contribution in [-0.4, -0.2) is 49.1 Å². The molecule has 0 amide bonds. The Morgan fingerprint density at radius 1 is 1.40 bits per heavy atom. The van der Waals surface area contributed by atoms with Crippen LogP contribution in [-0.2, 0) is 16.4 Å². The van der Waals surface area contributed by atoms with Crippen LogP contribution in [0.5, 0.6) is 0 Å². The van der Waals surface area contributed by atoms with Gasteiger partial charge in [-0.15, -0.1) is 0 Å². The van der Waals surface area contributed by atoms with Gasteiger partial charge in [0.2, 0.25) is 10.0 Å². The van der Waals surface area contributed by atoms with Crippen molar-refractivity contribution < 1.29 is 8.42 Å². The van der Waals surface area contributed by atoms with Crippen molar-refractivity contribution in [3.63, 3.8) is 0 Å². The van der Waals surface area contributed by atoms with E-state index in [0.717, 1.165) is 18.8 Å². The topological polar surface area (TPSA) is 62.3 Å². The van der Waals surface area contributed by atoms with E-state index in [1.807, 2.05) is 25.1 Å². The Morgan fingerprint density at radius 3 is 2.95 bits per heavy atom. The summed E-state index contributed by atoms with van der Waals surface area (Å²) in [5.74, 6) is 1.11. The second kappa shape index (κ2) is 5.42. The van der Waals surface area contributed by atoms with Gasteiger partial charge in [-0.3, -0.25) is 4.98 Å². The molecule has 0 saturated carbocycles. The average Bonchev–Trinajstić information content (AvgIpc) is 3.02. The third kappa shape index (κ3) is 2.60. The summed E-state index contributed by atoms with van der Waals surface area (Å²) in [6.07, 6.45) is 2.19. The number of hydrogen-bond acceptors (Lipinski definition) is 4. The van der Waals surface area contributed by atoms with E-state index in [-0.39, 0.29) is 11.8 Å². The molecule has 0 aliphatic carbocycles. The van der Waals surface area contributed by atoms with Gasteiger partial charge in [0, 0.05) is 30.9 Å². The van der Waals surface area contributed by atoms with E-state index in [1.165, 1.54) is 0 Å². The van der Waals surface area contributed by atoms with E-state index in [9.17, 15) is 8.42 Å². The van der Waals surface area contributed by atoms with E-state index in [4.69, 9.17) is 0 Å². The second-order valence-electron chi connectivity index (χ2n) is 5.78. The van der Waals surface area contributed by atoms with Gasteiger partial charge in [0.15, 0.2) is 0 Å². The van der Waals surface area contributed by atoms with Gasteiger partial charge < -0.3 is 5.32 Å². The molecule has 20 heavy (non-hydrogen) atoms. The van der Waals surface area contributed by atoms with Crippen LogP contribution in [0.25, 0.3) is 0 Å². The third-order valence-corrected chi connectivity index (χ3v) is 6.50. The van der Waals surface area contributed by atoms with Gasteiger partial charge in [-0.2, -0.15) is 4.31 Å². The van der Waals surface area contributed by atoms with Crippen molar-refractivity contribution in [1.29, 1.82) is 0 Å². The average molecular weight is 295 g/mol. The zero-order chi connectivity index (χ0) is 14.2. The van der Waals surface area contributed by atoms with Crippen LogP contribution >= 0.6 is 0 Å². The van der Waals surface area contributed by atoms with Gasteiger partial charge in [-0.1, -0.05) is 6.07 Å². The quantitative estimate of drug-likeness (QED) is 0.878. The molecule has 1 aromatic heterocycles. The molecule has 2 aliphatic heterocycles. The summed E-state index contributed by atoms with van der Waals surface area (Å²) < 4.78 is 26.8. The molecule has 2 saturated heterocycles. The maximum absolute atomic E-state index is 12.5. The molecule has 0 spiro atoms. The third-order valence-electron chi connectivity index (χ3n) is 4.58. The molecule has 1 aromatic rings. The predicted octanol–water partition coefficient (Wildman–Crippen LogP) is 0.494. The van der Waals surface area contributed by atoms with Crippen molar-refractivity contribution in [2.75, 3.05) is 25.4 Å². The molecule has 0 bridgehead atoms. The Labute approximate surface area is 120 Å². The Kier molecular flexibility index (Phi) is 3.79. The molecule has 5 nitrogen and oxygen atoms in total. The molecule has 3 unspecified atom stereocenters. The lowest BCUT2D eigenvalue weighted by Crippen LogP contribution is -2.39. The van der Waals surface area contributed by atoms with Crippen molar-refractivity contribution in [1.82, 2.24) is 14.6 Å². The minimum absolute atomic E-state index is 0.115. The summed E-state index contributed by atoms with van der Waals surface area (Å²) in [4.78, 5) is 4.19. The molecular weight excluding hydrogens is 274 g/mol. The van der Waals surface area contributed by atoms with Gasteiger partial charge in [-0.05, 0) is 44.0 Å². The normalized spacial score (nSPS) is 30.6. The molecule has 3 atom stereocenters. The minimum Gasteiger partial charge on any atom is -0.316 e. The number of rotatable bonds is 4. The molecular formula is C14H21N3O2S. The summed E-state index contributed by atoms with van der Waals surface area (Å²) in [7, 11) is -3.18. The number of fused-ring (bicyclic) bond motifs is 1. The number of aromatic nitrogens is 1. The van der Waals surface area contributed by atoms with Gasteiger partial charge >= 0.3 is 0 Å². The number of hydrogen-bond donors (Lipinski definition) is 1. The van der Waals surface area contributed by atoms with E-state index >= 15 is 0 Å². The fraction of sp³-hybridized carbons (Fsp3) is 0.643. The van der Waals surface area contributed by atoms with Crippen molar-refractivity contribution >= 4 is 10.0 Å². The van der Waals surface area contributed by atoms with Crippen LogP contribution in [0.1, 0.15) is 12.6 Å². The Balaban J connectivity index is 1.67. The van der Waals surface area contributed by atoms with E-state index < -0.39 is 10.0 Å². The SMILES string of the molecule is CC1C2CNCC2CN1S(=O)(=O)CCc1ccccn1. The van der Waals surface area contributed by atoms with Crippen molar-refractivity contribution in [2.45, 2.75) is 19.4 Å². The van der Waals surface area contributed by atoms with Crippen LogP contribution in [0.2, 0.25) is 0 Å². The lowest BCUT2D eigenvalue weighted by Gasteiger charge is -2.23. The Morgan fingerprint density at radius 2 is 2.25 bits per heavy atom. The molecule has 0 radical (unpaired) electrons. The van der Waals surface area contributed by atoms with Crippen LogP contribution in [0.3, 0.4) is 0 Å². The molecule has 3 rings (SSSR count). The number of aryl methyl sites for hydroxylation is 1. The zero-order valence-corrected chi connectivity index (χ0v) is 12.5. The monoisotopic (exact) mass is 295 g/mol. The summed E-state index contributed by atoms with van der Waals surface area (Å²) >= 11 is 0. The summed E-state index contributed by atoms with van der Waals surface area (Å²) in [6, 6.07) is 5.73. The maximum atomic E-state index is 12.5. The molecule has 6 heteroatoms. The smallest absolute Gasteiger partial charge is 0.214 e. The molecule has 2 aliphatic rings. The van der Waals surface area contributed by atoms with Gasteiger partial charge in [0.25, 0.3) is 0 Å². The first kappa shape index (κ1) is 14.0. The highest BCUT2D eigenvalue weighted by Crippen LogP contribution is 2.34. The highest BCUT2D eigenvalue weighted by molar-refractivity contribution is 7.89. The molecule has 3 heterocycles. The lowest BCUT2D eigenvalue weighted by molar-refractivity contribution is 0.360. The highest BCUT2D eigenvalue weighted by Gasteiger charge is 2.46. The van der Waals surface area contributed by atoms with Gasteiger partial charge in [-0.25, -0.2) is 8.42 Å². The fourth-order valence-electron chi connectivity index (χ4n) is 3.39. The van der Waals surface area contributed by atoms with Gasteiger partial charge in [0.1, 0.15) is 0 Å². The van der Waals surface area contributed by atoms with Crippen LogP contribution < -0.4 is 5.32 Å². The van der Waals surface area contributed by atoms with Crippen molar-refractivity contribution in [3.05, 3.63) is 30.1 Å². The van der Waals surface area contributed by atoms with Crippen molar-refractivity contribution in [2.24, 2.45) is 11.8 Å². The second-order valence-corrected chi connectivity index (χ2v) is 7.82. The van der Waals surface area contributed by atoms with Crippen molar-refractivity contribution in [3.8, 4) is 0 Å². The molecule has 1 N–H and O–H groups in total. The standard InChI is InChI=1S/C14H21N3O2S/c1-11-14-9-15-8-12(14)10-17(11)20(18,19)7-5-13-4-2-3-6-16-13/h2-4,6,11-12,14-15H,5,7-10H2,1H3. The van der Waals surface area contributed by atoms with E-state index in [0.29, 0.717) is 24.8 Å². The predicted molar refractivity (Wildman–Crippen MR) is 77.7 cm³/mol. The van der Waals surface area contributed by atoms with Gasteiger partial charge in [0.05, 0.1) is 5.75 Å². The maximum Gasteiger partial charge on any atom is 0.214 e. The van der Waals surface area contributed by atoms with E-state index in [2.05, 4.69) is 10.3 Å². The highest BCUT2D eigenvalue weighted by atomic mass is 32.2. The number of sulfonamides is 1. The molecule has 110 valence electrons. The fourth-order valence-corrected chi connectivity index (χ4v) is 5.18. The number of nitrogens with zero attached hydrogens (tertiary/aromatic N) is 2. The van der Waals surface area contributed by atoms with Crippen LogP contribution in [0.15, 0.2) is 24.4 Å². The molecule has 2 fully saturated rings. The lowest BCUT2D eigenvalue weighted by atomic mass is 9.95. The summed E-state index contributed by atoms with van der Waals surface area (Å²) in [6.45, 7) is 4.60. The minimum atomic E-state index is -3.18.